The molecule has 0 bridgehead atoms. The van der Waals surface area contributed by atoms with Gasteiger partial charge in [-0.15, -0.1) is 0 Å². The normalized spacial score (nSPS) is 14.4. The molecular formula is C16H22N2O. The molecule has 1 atom stereocenters. The van der Waals surface area contributed by atoms with E-state index in [-0.39, 0.29) is 0 Å². The number of nitrogens with zero attached hydrogens (tertiary/aromatic N) is 2. The van der Waals surface area contributed by atoms with E-state index < -0.39 is 5.60 Å². The third-order valence-corrected chi connectivity index (χ3v) is 3.92. The van der Waals surface area contributed by atoms with Crippen molar-refractivity contribution in [2.24, 2.45) is 7.05 Å². The first-order valence-electron chi connectivity index (χ1n) is 6.67. The van der Waals surface area contributed by atoms with Gasteiger partial charge in [-0.05, 0) is 56.4 Å². The standard InChI is InChI=1S/C16H22N2O/c1-12-5-6-14(11-13(12)2)16(3,19)9-7-15-8-10-17-18(15)4/h5-6,8,10-11,19H,7,9H2,1-4H3. The van der Waals surface area contributed by atoms with Crippen molar-refractivity contribution in [2.45, 2.75) is 39.2 Å². The van der Waals surface area contributed by atoms with E-state index >= 15 is 0 Å². The SMILES string of the molecule is Cc1ccc(C(C)(O)CCc2ccnn2C)cc1C. The Labute approximate surface area is 114 Å². The molecule has 0 aliphatic rings. The van der Waals surface area contributed by atoms with E-state index in [1.165, 1.54) is 11.1 Å². The zero-order chi connectivity index (χ0) is 14.0. The first kappa shape index (κ1) is 13.8. The van der Waals surface area contributed by atoms with Gasteiger partial charge in [-0.3, -0.25) is 4.68 Å². The van der Waals surface area contributed by atoms with Crippen molar-refractivity contribution >= 4 is 0 Å². The highest BCUT2D eigenvalue weighted by atomic mass is 16.3. The van der Waals surface area contributed by atoms with Crippen LogP contribution in [0.25, 0.3) is 0 Å². The summed E-state index contributed by atoms with van der Waals surface area (Å²) in [6, 6.07) is 8.17. The Morgan fingerprint density at radius 2 is 1.95 bits per heavy atom. The average Bonchev–Trinajstić information content (AvgIpc) is 2.76. The molecule has 3 heteroatoms. The molecule has 3 nitrogen and oxygen atoms in total. The maximum absolute atomic E-state index is 10.7. The van der Waals surface area contributed by atoms with Gasteiger partial charge in [0, 0.05) is 18.9 Å². The highest BCUT2D eigenvalue weighted by Crippen LogP contribution is 2.27. The van der Waals surface area contributed by atoms with Gasteiger partial charge in [-0.2, -0.15) is 5.10 Å². The molecule has 2 rings (SSSR count). The van der Waals surface area contributed by atoms with Gasteiger partial charge >= 0.3 is 0 Å². The van der Waals surface area contributed by atoms with E-state index in [4.69, 9.17) is 0 Å². The first-order chi connectivity index (χ1) is 8.90. The summed E-state index contributed by atoms with van der Waals surface area (Å²) >= 11 is 0. The van der Waals surface area contributed by atoms with Crippen molar-refractivity contribution in [3.05, 3.63) is 52.8 Å². The predicted molar refractivity (Wildman–Crippen MR) is 77.0 cm³/mol. The fourth-order valence-electron chi connectivity index (χ4n) is 2.24. The van der Waals surface area contributed by atoms with Gasteiger partial charge in [0.25, 0.3) is 0 Å². The van der Waals surface area contributed by atoms with E-state index in [1.54, 1.807) is 6.20 Å². The van der Waals surface area contributed by atoms with Crippen LogP contribution in [0.3, 0.4) is 0 Å². The summed E-state index contributed by atoms with van der Waals surface area (Å²) < 4.78 is 1.86. The lowest BCUT2D eigenvalue weighted by Gasteiger charge is -2.24. The first-order valence-corrected chi connectivity index (χ1v) is 6.67. The number of aliphatic hydroxyl groups is 1. The molecule has 1 unspecified atom stereocenters. The van der Waals surface area contributed by atoms with Gasteiger partial charge in [-0.1, -0.05) is 18.2 Å². The summed E-state index contributed by atoms with van der Waals surface area (Å²) in [6.07, 6.45) is 3.30. The largest absolute Gasteiger partial charge is 0.385 e. The van der Waals surface area contributed by atoms with Crippen LogP contribution >= 0.6 is 0 Å². The highest BCUT2D eigenvalue weighted by Gasteiger charge is 2.23. The Kier molecular flexibility index (Phi) is 3.76. The van der Waals surface area contributed by atoms with Gasteiger partial charge in [-0.25, -0.2) is 0 Å². The van der Waals surface area contributed by atoms with Crippen LogP contribution in [-0.4, -0.2) is 14.9 Å². The van der Waals surface area contributed by atoms with Crippen molar-refractivity contribution < 1.29 is 5.11 Å². The topological polar surface area (TPSA) is 38.1 Å². The summed E-state index contributed by atoms with van der Waals surface area (Å²) in [5.41, 5.74) is 3.80. The Hall–Kier alpha value is -1.61. The van der Waals surface area contributed by atoms with Gasteiger partial charge in [0.1, 0.15) is 0 Å². The fourth-order valence-corrected chi connectivity index (χ4v) is 2.24. The van der Waals surface area contributed by atoms with Gasteiger partial charge in [0.15, 0.2) is 0 Å². The van der Waals surface area contributed by atoms with Gasteiger partial charge in [0.05, 0.1) is 5.60 Å². The molecule has 0 saturated carbocycles. The van der Waals surface area contributed by atoms with Crippen molar-refractivity contribution in [1.29, 1.82) is 0 Å². The molecule has 1 heterocycles. The second kappa shape index (κ2) is 5.17. The summed E-state index contributed by atoms with van der Waals surface area (Å²) in [5.74, 6) is 0. The maximum Gasteiger partial charge on any atom is 0.0872 e. The fraction of sp³-hybridized carbons (Fsp3) is 0.438. The molecule has 2 aromatic rings. The number of aryl methyl sites for hydroxylation is 4. The minimum absolute atomic E-state index is 0.690. The van der Waals surface area contributed by atoms with E-state index in [0.717, 1.165) is 17.7 Å². The van der Waals surface area contributed by atoms with Gasteiger partial charge < -0.3 is 5.11 Å². The molecule has 0 aliphatic heterocycles. The third-order valence-electron chi connectivity index (χ3n) is 3.92. The molecule has 0 fully saturated rings. The summed E-state index contributed by atoms with van der Waals surface area (Å²) in [7, 11) is 1.93. The second-order valence-corrected chi connectivity index (χ2v) is 5.52. The van der Waals surface area contributed by atoms with Crippen molar-refractivity contribution in [3.63, 3.8) is 0 Å². The monoisotopic (exact) mass is 258 g/mol. The molecular weight excluding hydrogens is 236 g/mol. The zero-order valence-corrected chi connectivity index (χ0v) is 12.1. The molecule has 0 radical (unpaired) electrons. The lowest BCUT2D eigenvalue weighted by atomic mass is 9.88. The number of rotatable bonds is 4. The Morgan fingerprint density at radius 3 is 2.53 bits per heavy atom. The van der Waals surface area contributed by atoms with E-state index in [0.29, 0.717) is 6.42 Å². The minimum Gasteiger partial charge on any atom is -0.385 e. The van der Waals surface area contributed by atoms with Crippen LogP contribution in [0.1, 0.15) is 35.7 Å². The van der Waals surface area contributed by atoms with Crippen LogP contribution in [0, 0.1) is 13.8 Å². The third kappa shape index (κ3) is 3.04. The minimum atomic E-state index is -0.803. The lowest BCUT2D eigenvalue weighted by Crippen LogP contribution is -2.22. The van der Waals surface area contributed by atoms with Crippen molar-refractivity contribution in [2.75, 3.05) is 0 Å². The summed E-state index contributed by atoms with van der Waals surface area (Å²) in [5, 5.41) is 14.8. The predicted octanol–water partition coefficient (Wildman–Crippen LogP) is 2.88. The molecule has 1 N–H and O–H groups in total. The zero-order valence-electron chi connectivity index (χ0n) is 12.1. The second-order valence-electron chi connectivity index (χ2n) is 5.52. The van der Waals surface area contributed by atoms with Crippen molar-refractivity contribution in [3.8, 4) is 0 Å². The van der Waals surface area contributed by atoms with Crippen molar-refractivity contribution in [1.82, 2.24) is 9.78 Å². The lowest BCUT2D eigenvalue weighted by molar-refractivity contribution is 0.0475. The van der Waals surface area contributed by atoms with Crippen LogP contribution in [-0.2, 0) is 19.1 Å². The number of benzene rings is 1. The van der Waals surface area contributed by atoms with E-state index in [9.17, 15) is 5.11 Å². The summed E-state index contributed by atoms with van der Waals surface area (Å²) in [4.78, 5) is 0. The molecule has 19 heavy (non-hydrogen) atoms. The van der Waals surface area contributed by atoms with Crippen LogP contribution in [0.2, 0.25) is 0 Å². The van der Waals surface area contributed by atoms with Crippen LogP contribution in [0.15, 0.2) is 30.5 Å². The molecule has 0 aliphatic carbocycles. The van der Waals surface area contributed by atoms with Crippen LogP contribution < -0.4 is 0 Å². The Morgan fingerprint density at radius 1 is 1.21 bits per heavy atom. The van der Waals surface area contributed by atoms with Gasteiger partial charge in [0.2, 0.25) is 0 Å². The van der Waals surface area contributed by atoms with Crippen LogP contribution in [0.4, 0.5) is 0 Å². The molecule has 1 aromatic carbocycles. The molecule has 1 aromatic heterocycles. The summed E-state index contributed by atoms with van der Waals surface area (Å²) in [6.45, 7) is 6.05. The quantitative estimate of drug-likeness (QED) is 0.915. The maximum atomic E-state index is 10.7. The van der Waals surface area contributed by atoms with Crippen LogP contribution in [0.5, 0.6) is 0 Å². The average molecular weight is 258 g/mol. The number of aromatic nitrogens is 2. The molecule has 0 saturated heterocycles. The molecule has 0 amide bonds. The highest BCUT2D eigenvalue weighted by molar-refractivity contribution is 5.33. The Bertz CT molecular complexity index is 570. The Balaban J connectivity index is 2.13. The number of hydrogen-bond acceptors (Lipinski definition) is 2. The number of hydrogen-bond donors (Lipinski definition) is 1. The van der Waals surface area contributed by atoms with E-state index in [1.807, 2.05) is 30.8 Å². The molecule has 0 spiro atoms. The molecule has 102 valence electrons. The smallest absolute Gasteiger partial charge is 0.0872 e. The van der Waals surface area contributed by atoms with E-state index in [2.05, 4.69) is 31.1 Å².